The Morgan fingerprint density at radius 3 is 0.906 bits per heavy atom. The van der Waals surface area contributed by atoms with Crippen LogP contribution in [0.25, 0.3) is 99.7 Å². The molecule has 2 aliphatic rings. The number of rotatable bonds is 6. The molecule has 0 nitrogen and oxygen atoms in total. The third kappa shape index (κ3) is 5.96. The molecule has 0 heterocycles. The van der Waals surface area contributed by atoms with Crippen molar-refractivity contribution in [2.75, 3.05) is 0 Å². The first-order valence-corrected chi connectivity index (χ1v) is 36.5. The molecular weight excluding hydrogens is 864 g/mol. The molecule has 0 radical (unpaired) electrons. The molecule has 306 valence electrons. The Labute approximate surface area is 379 Å². The summed E-state index contributed by atoms with van der Waals surface area (Å²) in [7, 11) is 0. The fraction of sp³-hybridized carbons (Fsp3) is 0.0968. The second kappa shape index (κ2) is 14.7. The molecule has 2 heteroatoms. The van der Waals surface area contributed by atoms with Crippen LogP contribution in [0, 0.1) is 0 Å². The molecule has 0 aromatic heterocycles. The molecule has 0 N–H and O–H groups in total. The van der Waals surface area contributed by atoms with Gasteiger partial charge in [0.1, 0.15) is 0 Å². The van der Waals surface area contributed by atoms with Gasteiger partial charge in [-0.1, -0.05) is 0 Å². The van der Waals surface area contributed by atoms with Crippen molar-refractivity contribution in [3.8, 4) is 44.5 Å². The van der Waals surface area contributed by atoms with Gasteiger partial charge < -0.3 is 0 Å². The molecule has 2 atom stereocenters. The van der Waals surface area contributed by atoms with Crippen molar-refractivity contribution in [1.82, 2.24) is 0 Å². The van der Waals surface area contributed by atoms with Crippen molar-refractivity contribution >= 4 is 62.1 Å². The van der Waals surface area contributed by atoms with E-state index >= 15 is 0 Å². The molecule has 0 fully saturated rings. The quantitative estimate of drug-likeness (QED) is 0.146. The Morgan fingerprint density at radius 2 is 0.578 bits per heavy atom. The van der Waals surface area contributed by atoms with Gasteiger partial charge >= 0.3 is 382 Å². The van der Waals surface area contributed by atoms with Crippen LogP contribution in [0.5, 0.6) is 0 Å². The molecule has 0 bridgehead atoms. The number of hydrogen-bond acceptors (Lipinski definition) is 0. The molecule has 2 unspecified atom stereocenters. The van der Waals surface area contributed by atoms with Crippen LogP contribution >= 0.6 is 0 Å². The molecular formula is C62H50SiZr. The molecule has 10 aromatic carbocycles. The molecule has 0 aliphatic heterocycles. The Bertz CT molecular complexity index is 3480. The van der Waals surface area contributed by atoms with Crippen LogP contribution in [0.3, 0.4) is 0 Å². The van der Waals surface area contributed by atoms with E-state index in [1.165, 1.54) is 121 Å². The number of fused-ring (bicyclic) bond motifs is 6. The van der Waals surface area contributed by atoms with Crippen LogP contribution < -0.4 is 0 Å². The van der Waals surface area contributed by atoms with E-state index in [-0.39, 0.29) is 0 Å². The van der Waals surface area contributed by atoms with Gasteiger partial charge in [0.2, 0.25) is 0 Å². The van der Waals surface area contributed by atoms with Crippen molar-refractivity contribution < 1.29 is 17.4 Å². The predicted octanol–water partition coefficient (Wildman–Crippen LogP) is 16.9. The normalized spacial score (nSPS) is 16.0. The van der Waals surface area contributed by atoms with E-state index < -0.39 is 17.4 Å². The molecule has 64 heavy (non-hydrogen) atoms. The van der Waals surface area contributed by atoms with E-state index in [0.717, 1.165) is 0 Å². The maximum atomic E-state index is 2.81. The molecule has 10 aromatic rings. The number of hydrogen-bond donors (Lipinski definition) is 0. The standard InChI is InChI=1S/2C30H21.2CH3.H2Si.Zr/c2*1-20-18-29-27(25-14-6-10-21-8-2-4-12-23(21)25)16-17-28(30(29)19-20)26-15-7-11-22-9-3-5-13-24(22)26;;;;/h2*2-19H,1H3;2*1H3;1H2;. The minimum absolute atomic E-state index is 0.305. The molecule has 0 saturated carbocycles. The summed E-state index contributed by atoms with van der Waals surface area (Å²) in [4.78, 5) is 0. The van der Waals surface area contributed by atoms with E-state index in [2.05, 4.69) is 236 Å². The van der Waals surface area contributed by atoms with Gasteiger partial charge in [0.25, 0.3) is 0 Å². The first-order valence-electron chi connectivity index (χ1n) is 22.8. The zero-order valence-corrected chi connectivity index (χ0v) is 40.9. The maximum absolute atomic E-state index is 4.25. The number of benzene rings is 10. The van der Waals surface area contributed by atoms with Gasteiger partial charge in [-0.15, -0.1) is 0 Å². The molecule has 2 aliphatic carbocycles. The van der Waals surface area contributed by atoms with Crippen LogP contribution in [0.4, 0.5) is 0 Å². The average molecular weight is 914 g/mol. The van der Waals surface area contributed by atoms with Gasteiger partial charge in [0.05, 0.1) is 0 Å². The molecule has 0 saturated heterocycles. The van der Waals surface area contributed by atoms with E-state index in [1.54, 1.807) is 0 Å². The third-order valence-electron chi connectivity index (χ3n) is 15.0. The van der Waals surface area contributed by atoms with E-state index in [4.69, 9.17) is 0 Å². The SMILES string of the molecule is CC1=Cc2c(-c3cccc4ccccc34)ccc(-c3cccc4ccccc34)c2[CH]1[Zr]([CH3])([CH3])(=[SiH2])[CH]1C(C)=Cc2c(-c3cccc4ccccc34)ccc(-c3cccc4ccccc34)c21. The summed E-state index contributed by atoms with van der Waals surface area (Å²) in [5.41, 5.74) is 19.6. The third-order valence-corrected chi connectivity index (χ3v) is 32.8. The summed E-state index contributed by atoms with van der Waals surface area (Å²) in [5, 5.41) is 10.4. The fourth-order valence-corrected chi connectivity index (χ4v) is 33.7. The van der Waals surface area contributed by atoms with Crippen LogP contribution in [-0.2, 0) is 17.4 Å². The zero-order chi connectivity index (χ0) is 43.3. The summed E-state index contributed by atoms with van der Waals surface area (Å²) in [6, 6.07) is 73.0. The summed E-state index contributed by atoms with van der Waals surface area (Å²) >= 11 is -4.25. The summed E-state index contributed by atoms with van der Waals surface area (Å²) < 4.78 is 6.23. The van der Waals surface area contributed by atoms with E-state index in [9.17, 15) is 0 Å². The first kappa shape index (κ1) is 39.4. The van der Waals surface area contributed by atoms with Crippen LogP contribution in [0.15, 0.2) is 205 Å². The summed E-state index contributed by atoms with van der Waals surface area (Å²) in [5.74, 6) is 0. The zero-order valence-electron chi connectivity index (χ0n) is 37.0. The van der Waals surface area contributed by atoms with Crippen molar-refractivity contribution in [2.45, 2.75) is 30.4 Å². The number of allylic oxidation sites excluding steroid dienone is 2. The van der Waals surface area contributed by atoms with Crippen LogP contribution in [0.2, 0.25) is 9.26 Å². The Balaban J connectivity index is 1.15. The summed E-state index contributed by atoms with van der Waals surface area (Å²) in [6.07, 6.45) is 5.21. The monoisotopic (exact) mass is 912 g/mol. The Morgan fingerprint density at radius 1 is 0.312 bits per heavy atom. The predicted molar refractivity (Wildman–Crippen MR) is 278 cm³/mol. The van der Waals surface area contributed by atoms with Gasteiger partial charge in [-0.2, -0.15) is 0 Å². The van der Waals surface area contributed by atoms with E-state index in [1.807, 2.05) is 0 Å². The molecule has 0 amide bonds. The second-order valence-corrected chi connectivity index (χ2v) is 50.1. The van der Waals surface area contributed by atoms with Gasteiger partial charge in [-0.25, -0.2) is 0 Å². The summed E-state index contributed by atoms with van der Waals surface area (Å²) in [6.45, 7) is 7.39. The van der Waals surface area contributed by atoms with Gasteiger partial charge in [-0.3, -0.25) is 0 Å². The Hall–Kier alpha value is -6.18. The van der Waals surface area contributed by atoms with Gasteiger partial charge in [-0.05, 0) is 0 Å². The van der Waals surface area contributed by atoms with Crippen molar-refractivity contribution in [3.63, 3.8) is 0 Å². The Kier molecular flexibility index (Phi) is 9.04. The fourth-order valence-electron chi connectivity index (χ4n) is 12.7. The minimum atomic E-state index is -4.25. The van der Waals surface area contributed by atoms with Gasteiger partial charge in [0.15, 0.2) is 0 Å². The van der Waals surface area contributed by atoms with Crippen molar-refractivity contribution in [2.24, 2.45) is 0 Å². The second-order valence-electron chi connectivity index (χ2n) is 19.7. The van der Waals surface area contributed by atoms with Crippen LogP contribution in [-0.4, -0.2) is 6.88 Å². The van der Waals surface area contributed by atoms with E-state index in [0.29, 0.717) is 7.25 Å². The van der Waals surface area contributed by atoms with Crippen LogP contribution in [0.1, 0.15) is 43.4 Å². The van der Waals surface area contributed by atoms with Gasteiger partial charge in [0, 0.05) is 0 Å². The molecule has 0 spiro atoms. The van der Waals surface area contributed by atoms with Crippen molar-refractivity contribution in [1.29, 1.82) is 0 Å². The topological polar surface area (TPSA) is 0 Å². The average Bonchev–Trinajstić information content (AvgIpc) is 3.88. The molecule has 12 rings (SSSR count). The van der Waals surface area contributed by atoms with Crippen molar-refractivity contribution in [3.05, 3.63) is 228 Å². The first-order chi connectivity index (χ1) is 31.1.